The lowest BCUT2D eigenvalue weighted by atomic mass is 10.2. The maximum absolute atomic E-state index is 13.6. The molecule has 0 saturated carbocycles. The van der Waals surface area contributed by atoms with Gasteiger partial charge < -0.3 is 11.1 Å². The van der Waals surface area contributed by atoms with Gasteiger partial charge in [0.1, 0.15) is 10.8 Å². The van der Waals surface area contributed by atoms with Crippen LogP contribution >= 0.6 is 11.6 Å². The molecule has 0 atom stereocenters. The topological polar surface area (TPSA) is 63.8 Å². The number of rotatable bonds is 2. The molecular formula is C11H10ClFN4. The first-order valence-electron chi connectivity index (χ1n) is 4.88. The third-order valence-electron chi connectivity index (χ3n) is 2.23. The number of nitrogens with two attached hydrogens (primary N) is 1. The molecule has 3 N–H and O–H groups in total. The van der Waals surface area contributed by atoms with E-state index >= 15 is 0 Å². The molecular weight excluding hydrogens is 243 g/mol. The lowest BCUT2D eigenvalue weighted by Gasteiger charge is -2.10. The van der Waals surface area contributed by atoms with Crippen molar-refractivity contribution in [1.29, 1.82) is 0 Å². The number of anilines is 3. The zero-order chi connectivity index (χ0) is 12.4. The fourth-order valence-corrected chi connectivity index (χ4v) is 1.52. The first-order chi connectivity index (χ1) is 8.08. The first kappa shape index (κ1) is 11.6. The number of nitrogen functional groups attached to an aromatic ring is 1. The minimum atomic E-state index is -0.377. The van der Waals surface area contributed by atoms with Crippen molar-refractivity contribution in [2.24, 2.45) is 0 Å². The van der Waals surface area contributed by atoms with Gasteiger partial charge in [-0.1, -0.05) is 23.7 Å². The molecule has 1 aromatic heterocycles. The van der Waals surface area contributed by atoms with Crippen molar-refractivity contribution in [3.63, 3.8) is 0 Å². The van der Waals surface area contributed by atoms with Gasteiger partial charge in [-0.3, -0.25) is 0 Å². The zero-order valence-corrected chi connectivity index (χ0v) is 9.79. The lowest BCUT2D eigenvalue weighted by molar-refractivity contribution is 0.631. The van der Waals surface area contributed by atoms with Crippen molar-refractivity contribution < 1.29 is 4.39 Å². The molecule has 0 saturated heterocycles. The summed E-state index contributed by atoms with van der Waals surface area (Å²) in [7, 11) is 0. The zero-order valence-electron chi connectivity index (χ0n) is 9.04. The normalized spacial score (nSPS) is 10.3. The van der Waals surface area contributed by atoms with Gasteiger partial charge in [-0.25, -0.2) is 9.37 Å². The van der Waals surface area contributed by atoms with E-state index in [1.54, 1.807) is 19.1 Å². The van der Waals surface area contributed by atoms with Crippen LogP contribution in [0.4, 0.5) is 21.8 Å². The van der Waals surface area contributed by atoms with E-state index in [0.29, 0.717) is 5.69 Å². The van der Waals surface area contributed by atoms with E-state index in [0.717, 1.165) is 5.56 Å². The second-order valence-corrected chi connectivity index (χ2v) is 3.89. The Hall–Kier alpha value is -1.88. The standard InChI is InChI=1S/C11H10ClFN4/c1-6-3-2-4-8(13)9(6)16-10-7(12)5-15-11(14)17-10/h2-5H,1H3,(H3,14,15,16,17). The van der Waals surface area contributed by atoms with Crippen LogP contribution in [0.1, 0.15) is 5.56 Å². The predicted octanol–water partition coefficient (Wildman–Crippen LogP) is 2.90. The maximum Gasteiger partial charge on any atom is 0.222 e. The number of halogens is 2. The molecule has 0 radical (unpaired) electrons. The highest BCUT2D eigenvalue weighted by Gasteiger charge is 2.09. The van der Waals surface area contributed by atoms with Crippen molar-refractivity contribution in [3.05, 3.63) is 40.8 Å². The van der Waals surface area contributed by atoms with E-state index in [4.69, 9.17) is 17.3 Å². The van der Waals surface area contributed by atoms with Crippen molar-refractivity contribution >= 4 is 29.1 Å². The summed E-state index contributed by atoms with van der Waals surface area (Å²) in [5.74, 6) is -0.0171. The highest BCUT2D eigenvalue weighted by molar-refractivity contribution is 6.32. The van der Waals surface area contributed by atoms with E-state index in [2.05, 4.69) is 15.3 Å². The van der Waals surface area contributed by atoms with E-state index in [9.17, 15) is 4.39 Å². The second kappa shape index (κ2) is 4.55. The van der Waals surface area contributed by atoms with Crippen LogP contribution in [0.3, 0.4) is 0 Å². The van der Waals surface area contributed by atoms with Crippen molar-refractivity contribution in [2.75, 3.05) is 11.1 Å². The third-order valence-corrected chi connectivity index (χ3v) is 2.50. The van der Waals surface area contributed by atoms with Gasteiger partial charge in [0.25, 0.3) is 0 Å². The molecule has 0 spiro atoms. The molecule has 4 nitrogen and oxygen atoms in total. The molecule has 0 unspecified atom stereocenters. The number of aryl methyl sites for hydroxylation is 1. The Balaban J connectivity index is 2.41. The summed E-state index contributed by atoms with van der Waals surface area (Å²) in [6, 6.07) is 4.77. The molecule has 0 bridgehead atoms. The summed E-state index contributed by atoms with van der Waals surface area (Å²) >= 11 is 5.89. The van der Waals surface area contributed by atoms with Gasteiger partial charge in [-0.05, 0) is 18.6 Å². The molecule has 0 fully saturated rings. The van der Waals surface area contributed by atoms with Crippen molar-refractivity contribution in [3.8, 4) is 0 Å². The molecule has 17 heavy (non-hydrogen) atoms. The monoisotopic (exact) mass is 252 g/mol. The van der Waals surface area contributed by atoms with Gasteiger partial charge in [0.2, 0.25) is 5.95 Å². The van der Waals surface area contributed by atoms with Gasteiger partial charge in [0, 0.05) is 0 Å². The quantitative estimate of drug-likeness (QED) is 0.863. The number of nitrogens with zero attached hydrogens (tertiary/aromatic N) is 2. The SMILES string of the molecule is Cc1cccc(F)c1Nc1nc(N)ncc1Cl. The molecule has 0 aliphatic rings. The number of benzene rings is 1. The third kappa shape index (κ3) is 2.45. The van der Waals surface area contributed by atoms with Crippen LogP contribution in [0.15, 0.2) is 24.4 Å². The summed E-state index contributed by atoms with van der Waals surface area (Å²) in [5.41, 5.74) is 6.52. The summed E-state index contributed by atoms with van der Waals surface area (Å²) < 4.78 is 13.6. The average Bonchev–Trinajstić information content (AvgIpc) is 2.28. The Morgan fingerprint density at radius 3 is 2.88 bits per heavy atom. The van der Waals surface area contributed by atoms with E-state index < -0.39 is 0 Å². The lowest BCUT2D eigenvalue weighted by Crippen LogP contribution is -2.02. The van der Waals surface area contributed by atoms with Gasteiger partial charge in [0.05, 0.1) is 11.9 Å². The van der Waals surface area contributed by atoms with Crippen molar-refractivity contribution in [1.82, 2.24) is 9.97 Å². The van der Waals surface area contributed by atoms with Gasteiger partial charge >= 0.3 is 0 Å². The molecule has 2 aromatic rings. The van der Waals surface area contributed by atoms with E-state index in [-0.39, 0.29) is 22.6 Å². The van der Waals surface area contributed by atoms with Crippen molar-refractivity contribution in [2.45, 2.75) is 6.92 Å². The van der Waals surface area contributed by atoms with Crippen LogP contribution in [0, 0.1) is 12.7 Å². The van der Waals surface area contributed by atoms with Crippen LogP contribution in [-0.4, -0.2) is 9.97 Å². The summed E-state index contributed by atoms with van der Waals surface area (Å²) in [6.45, 7) is 1.78. The second-order valence-electron chi connectivity index (χ2n) is 3.48. The first-order valence-corrected chi connectivity index (χ1v) is 5.26. The van der Waals surface area contributed by atoms with Crippen LogP contribution in [0.25, 0.3) is 0 Å². The summed E-state index contributed by atoms with van der Waals surface area (Å²) in [4.78, 5) is 7.63. The molecule has 1 heterocycles. The van der Waals surface area contributed by atoms with E-state index in [1.807, 2.05) is 0 Å². The summed E-state index contributed by atoms with van der Waals surface area (Å²) in [6.07, 6.45) is 1.36. The molecule has 1 aromatic carbocycles. The molecule has 0 aliphatic carbocycles. The van der Waals surface area contributed by atoms with Gasteiger partial charge in [-0.2, -0.15) is 4.98 Å². The Bertz CT molecular complexity index is 539. The maximum atomic E-state index is 13.6. The summed E-state index contributed by atoms with van der Waals surface area (Å²) in [5, 5.41) is 3.09. The molecule has 0 aliphatic heterocycles. The largest absolute Gasteiger partial charge is 0.368 e. The van der Waals surface area contributed by atoms with Crippen LogP contribution in [0.5, 0.6) is 0 Å². The Morgan fingerprint density at radius 1 is 1.41 bits per heavy atom. The molecule has 88 valence electrons. The smallest absolute Gasteiger partial charge is 0.222 e. The van der Waals surface area contributed by atoms with Crippen LogP contribution in [-0.2, 0) is 0 Å². The number of para-hydroxylation sites is 1. The minimum Gasteiger partial charge on any atom is -0.368 e. The fourth-order valence-electron chi connectivity index (χ4n) is 1.38. The molecule has 2 rings (SSSR count). The Labute approximate surface area is 103 Å². The number of nitrogens with one attached hydrogen (secondary N) is 1. The fraction of sp³-hybridized carbons (Fsp3) is 0.0909. The highest BCUT2D eigenvalue weighted by atomic mass is 35.5. The molecule has 0 amide bonds. The van der Waals surface area contributed by atoms with Gasteiger partial charge in [0.15, 0.2) is 5.82 Å². The van der Waals surface area contributed by atoms with Crippen LogP contribution in [0.2, 0.25) is 5.02 Å². The van der Waals surface area contributed by atoms with E-state index in [1.165, 1.54) is 12.3 Å². The number of hydrogen-bond acceptors (Lipinski definition) is 4. The Kier molecular flexibility index (Phi) is 3.10. The number of aromatic nitrogens is 2. The van der Waals surface area contributed by atoms with Crippen LogP contribution < -0.4 is 11.1 Å². The molecule has 6 heteroatoms. The van der Waals surface area contributed by atoms with Gasteiger partial charge in [-0.15, -0.1) is 0 Å². The Morgan fingerprint density at radius 2 is 2.18 bits per heavy atom. The number of hydrogen-bond donors (Lipinski definition) is 2. The average molecular weight is 253 g/mol. The minimum absolute atomic E-state index is 0.0749. The predicted molar refractivity (Wildman–Crippen MR) is 65.9 cm³/mol. The highest BCUT2D eigenvalue weighted by Crippen LogP contribution is 2.26.